The summed E-state index contributed by atoms with van der Waals surface area (Å²) in [5.41, 5.74) is 11.1. The number of ether oxygens (including phenoxy) is 2. The van der Waals surface area contributed by atoms with Gasteiger partial charge in [0.15, 0.2) is 19.5 Å². The second-order valence-electron chi connectivity index (χ2n) is 11.8. The monoisotopic (exact) mass is 566 g/mol. The summed E-state index contributed by atoms with van der Waals surface area (Å²) in [5.74, 6) is -0.127. The molecule has 1 saturated heterocycles. The molecule has 2 aromatic heterocycles. The Morgan fingerprint density at radius 1 is 1.27 bits per heavy atom. The van der Waals surface area contributed by atoms with Crippen LogP contribution in [0.15, 0.2) is 41.8 Å². The maximum absolute atomic E-state index is 12.5. The van der Waals surface area contributed by atoms with Crippen LogP contribution in [0.5, 0.6) is 5.88 Å². The number of nitrogens with zero attached hydrogens (tertiary/aromatic N) is 7. The van der Waals surface area contributed by atoms with Gasteiger partial charge < -0.3 is 13.9 Å². The van der Waals surface area contributed by atoms with Gasteiger partial charge in [-0.3, -0.25) is 14.7 Å². The average molecular weight is 567 g/mol. The first-order chi connectivity index (χ1) is 18.9. The lowest BCUT2D eigenvalue weighted by Crippen LogP contribution is -2.43. The summed E-state index contributed by atoms with van der Waals surface area (Å²) in [5, 5.41) is 6.80. The van der Waals surface area contributed by atoms with Crippen molar-refractivity contribution >= 4 is 31.3 Å². The summed E-state index contributed by atoms with van der Waals surface area (Å²) in [6.45, 7) is 15.0. The number of benzene rings is 1. The van der Waals surface area contributed by atoms with Crippen molar-refractivity contribution in [3.63, 3.8) is 0 Å². The Balaban J connectivity index is 1.64. The molecule has 0 unspecified atom stereocenters. The van der Waals surface area contributed by atoms with Crippen molar-refractivity contribution in [3.8, 4) is 5.88 Å². The molecule has 1 N–H and O–H groups in total. The number of carbonyl (C=O) groups excluding carboxylic acids is 1. The van der Waals surface area contributed by atoms with E-state index in [9.17, 15) is 10.3 Å². The molecule has 0 aliphatic carbocycles. The number of fused-ring (bicyclic) bond motifs is 1. The SMILES string of the molecule is CC(C)C(=O)Nc1nc(OCc2ccccc2)c2ncn([C@H]3C[C@H](N=[N+]=[N-])[C@@H](CO[Si](C)(C)C(C)(C)C)O3)c2n1. The standard InChI is InChI=1S/C27H38N8O4Si/c1-17(2)24(36)31-26-30-23-22(25(32-26)37-14-18-11-9-8-10-12-18)29-16-35(23)21-13-19(33-34-28)20(39-21)15-38-40(6,7)27(3,4)5/h8-12,16-17,19-21H,13-15H2,1-7H3,(H,30,31,32,36)/t19-,20+,21+/m0/s1. The van der Waals surface area contributed by atoms with Crippen molar-refractivity contribution in [2.24, 2.45) is 11.0 Å². The topological polar surface area (TPSA) is 149 Å². The number of amides is 1. The molecule has 13 heteroatoms. The maximum Gasteiger partial charge on any atom is 0.247 e. The Kier molecular flexibility index (Phi) is 8.79. The van der Waals surface area contributed by atoms with E-state index in [0.29, 0.717) is 24.2 Å². The van der Waals surface area contributed by atoms with Crippen LogP contribution < -0.4 is 10.1 Å². The first kappa shape index (κ1) is 29.5. The second-order valence-corrected chi connectivity index (χ2v) is 16.6. The molecule has 1 aliphatic heterocycles. The molecule has 4 rings (SSSR count). The Labute approximate surface area is 235 Å². The number of anilines is 1. The van der Waals surface area contributed by atoms with Gasteiger partial charge in [0.05, 0.1) is 25.1 Å². The van der Waals surface area contributed by atoms with E-state index in [4.69, 9.17) is 13.9 Å². The van der Waals surface area contributed by atoms with Gasteiger partial charge in [-0.25, -0.2) is 4.98 Å². The molecule has 12 nitrogen and oxygen atoms in total. The number of azide groups is 1. The zero-order chi connectivity index (χ0) is 29.1. The van der Waals surface area contributed by atoms with Gasteiger partial charge >= 0.3 is 0 Å². The number of carbonyl (C=O) groups is 1. The van der Waals surface area contributed by atoms with Gasteiger partial charge in [0, 0.05) is 17.3 Å². The van der Waals surface area contributed by atoms with E-state index >= 15 is 0 Å². The number of nitrogens with one attached hydrogen (secondary N) is 1. The average Bonchev–Trinajstić information content (AvgIpc) is 3.50. The fourth-order valence-corrected chi connectivity index (χ4v) is 4.98. The van der Waals surface area contributed by atoms with Crippen molar-refractivity contribution in [2.75, 3.05) is 11.9 Å². The summed E-state index contributed by atoms with van der Waals surface area (Å²) in [6, 6.07) is 9.27. The molecule has 214 valence electrons. The summed E-state index contributed by atoms with van der Waals surface area (Å²) >= 11 is 0. The molecule has 1 amide bonds. The fraction of sp³-hybridized carbons (Fsp3) is 0.556. The van der Waals surface area contributed by atoms with Crippen LogP contribution in [0.2, 0.25) is 18.1 Å². The van der Waals surface area contributed by atoms with Crippen molar-refractivity contribution in [1.29, 1.82) is 0 Å². The summed E-state index contributed by atoms with van der Waals surface area (Å²) in [6.07, 6.45) is 1.08. The van der Waals surface area contributed by atoms with Gasteiger partial charge in [0.1, 0.15) is 12.8 Å². The summed E-state index contributed by atoms with van der Waals surface area (Å²) < 4.78 is 20.6. The van der Waals surface area contributed by atoms with E-state index in [2.05, 4.69) is 64.2 Å². The molecular weight excluding hydrogens is 528 g/mol. The fourth-order valence-electron chi connectivity index (χ4n) is 3.97. The predicted molar refractivity (Wildman–Crippen MR) is 154 cm³/mol. The Hall–Kier alpha value is -3.51. The molecular formula is C27H38N8O4Si. The number of hydrogen-bond donors (Lipinski definition) is 1. The lowest BCUT2D eigenvalue weighted by Gasteiger charge is -2.37. The van der Waals surface area contributed by atoms with Gasteiger partial charge in [-0.2, -0.15) is 9.97 Å². The maximum atomic E-state index is 12.5. The third-order valence-corrected chi connectivity index (χ3v) is 12.0. The zero-order valence-electron chi connectivity index (χ0n) is 24.2. The third kappa shape index (κ3) is 6.61. The third-order valence-electron chi connectivity index (χ3n) is 7.50. The highest BCUT2D eigenvalue weighted by atomic mass is 28.4. The Bertz CT molecular complexity index is 1380. The van der Waals surface area contributed by atoms with Crippen molar-refractivity contribution in [1.82, 2.24) is 19.5 Å². The first-order valence-electron chi connectivity index (χ1n) is 13.5. The Morgan fingerprint density at radius 2 is 2.00 bits per heavy atom. The minimum Gasteiger partial charge on any atom is -0.471 e. The minimum absolute atomic E-state index is 0.0312. The normalized spacial score (nSPS) is 19.6. The smallest absolute Gasteiger partial charge is 0.247 e. The van der Waals surface area contributed by atoms with E-state index in [-0.39, 0.29) is 35.3 Å². The molecule has 3 aromatic rings. The van der Waals surface area contributed by atoms with E-state index in [1.165, 1.54) is 0 Å². The highest BCUT2D eigenvalue weighted by Gasteiger charge is 2.41. The van der Waals surface area contributed by atoms with Gasteiger partial charge in [-0.1, -0.05) is 70.1 Å². The molecule has 1 aromatic carbocycles. The number of imidazole rings is 1. The van der Waals surface area contributed by atoms with Gasteiger partial charge in [-0.05, 0) is 29.2 Å². The van der Waals surface area contributed by atoms with E-state index in [1.807, 2.05) is 30.3 Å². The number of aromatic nitrogens is 4. The van der Waals surface area contributed by atoms with Crippen LogP contribution in [0.1, 0.15) is 52.8 Å². The van der Waals surface area contributed by atoms with Crippen molar-refractivity contribution in [2.45, 2.75) is 84.2 Å². The summed E-state index contributed by atoms with van der Waals surface area (Å²) in [7, 11) is -2.05. The van der Waals surface area contributed by atoms with Crippen LogP contribution >= 0.6 is 0 Å². The molecule has 1 aliphatic rings. The first-order valence-corrected chi connectivity index (χ1v) is 16.4. The van der Waals surface area contributed by atoms with E-state index in [1.54, 1.807) is 24.7 Å². The highest BCUT2D eigenvalue weighted by molar-refractivity contribution is 6.74. The van der Waals surface area contributed by atoms with Crippen LogP contribution in [-0.4, -0.2) is 52.5 Å². The molecule has 0 saturated carbocycles. The molecule has 40 heavy (non-hydrogen) atoms. The van der Waals surface area contributed by atoms with Crippen LogP contribution in [0, 0.1) is 5.92 Å². The van der Waals surface area contributed by atoms with Crippen LogP contribution in [0.4, 0.5) is 5.95 Å². The molecule has 3 heterocycles. The lowest BCUT2D eigenvalue weighted by molar-refractivity contribution is -0.118. The quantitative estimate of drug-likeness (QED) is 0.137. The van der Waals surface area contributed by atoms with Crippen LogP contribution in [-0.2, 0) is 20.6 Å². The van der Waals surface area contributed by atoms with Gasteiger partial charge in [0.25, 0.3) is 0 Å². The molecule has 1 fully saturated rings. The van der Waals surface area contributed by atoms with Gasteiger partial charge in [-0.15, -0.1) is 0 Å². The lowest BCUT2D eigenvalue weighted by atomic mass is 10.1. The molecule has 3 atom stereocenters. The predicted octanol–water partition coefficient (Wildman–Crippen LogP) is 5.99. The molecule has 0 spiro atoms. The number of hydrogen-bond acceptors (Lipinski definition) is 8. The van der Waals surface area contributed by atoms with Gasteiger partial charge in [0.2, 0.25) is 17.7 Å². The van der Waals surface area contributed by atoms with Crippen molar-refractivity contribution in [3.05, 3.63) is 52.7 Å². The highest BCUT2D eigenvalue weighted by Crippen LogP contribution is 2.39. The number of rotatable bonds is 10. The molecule has 0 radical (unpaired) electrons. The van der Waals surface area contributed by atoms with Crippen LogP contribution in [0.3, 0.4) is 0 Å². The largest absolute Gasteiger partial charge is 0.471 e. The molecule has 0 bridgehead atoms. The summed E-state index contributed by atoms with van der Waals surface area (Å²) in [4.78, 5) is 29.1. The van der Waals surface area contributed by atoms with Crippen molar-refractivity contribution < 1.29 is 18.7 Å². The van der Waals surface area contributed by atoms with E-state index in [0.717, 1.165) is 5.56 Å². The van der Waals surface area contributed by atoms with Crippen LogP contribution in [0.25, 0.3) is 21.6 Å². The zero-order valence-corrected chi connectivity index (χ0v) is 25.2. The van der Waals surface area contributed by atoms with E-state index < -0.39 is 26.7 Å². The minimum atomic E-state index is -2.05. The Morgan fingerprint density at radius 3 is 2.65 bits per heavy atom. The second kappa shape index (κ2) is 11.9.